The number of nitrogens with one attached hydrogen (secondary N) is 1. The third-order valence-corrected chi connectivity index (χ3v) is 4.20. The molecule has 0 spiro atoms. The highest BCUT2D eigenvalue weighted by atomic mass is 32.1. The van der Waals surface area contributed by atoms with Gasteiger partial charge in [0.2, 0.25) is 5.91 Å². The summed E-state index contributed by atoms with van der Waals surface area (Å²) in [5.41, 5.74) is 1.05. The van der Waals surface area contributed by atoms with E-state index in [2.05, 4.69) is 10.3 Å². The molecule has 1 atom stereocenters. The van der Waals surface area contributed by atoms with Crippen LogP contribution in [0.2, 0.25) is 0 Å². The van der Waals surface area contributed by atoms with Gasteiger partial charge in [-0.1, -0.05) is 25.1 Å². The van der Waals surface area contributed by atoms with E-state index in [1.807, 2.05) is 36.6 Å². The Hall–Kier alpha value is -1.88. The number of hydrogen-bond acceptors (Lipinski definition) is 4. The van der Waals surface area contributed by atoms with Crippen LogP contribution >= 0.6 is 11.3 Å². The van der Waals surface area contributed by atoms with Gasteiger partial charge in [0, 0.05) is 18.0 Å². The molecule has 5 heteroatoms. The van der Waals surface area contributed by atoms with Crippen LogP contribution in [0.15, 0.2) is 35.8 Å². The topological polar surface area (TPSA) is 51.2 Å². The lowest BCUT2D eigenvalue weighted by Crippen LogP contribution is -2.28. The molecule has 1 N–H and O–H groups in total. The summed E-state index contributed by atoms with van der Waals surface area (Å²) in [6.45, 7) is 2.05. The summed E-state index contributed by atoms with van der Waals surface area (Å²) in [7, 11) is 1.65. The first-order valence-corrected chi connectivity index (χ1v) is 7.93. The van der Waals surface area contributed by atoms with E-state index in [0.717, 1.165) is 22.7 Å². The monoisotopic (exact) mass is 304 g/mol. The fraction of sp³-hybridized carbons (Fsp3) is 0.375. The first-order valence-electron chi connectivity index (χ1n) is 7.05. The van der Waals surface area contributed by atoms with Crippen LogP contribution < -0.4 is 10.1 Å². The lowest BCUT2D eigenvalue weighted by molar-refractivity contribution is -0.121. The van der Waals surface area contributed by atoms with Crippen LogP contribution in [-0.4, -0.2) is 18.0 Å². The van der Waals surface area contributed by atoms with E-state index in [1.54, 1.807) is 24.6 Å². The number of thiazole rings is 1. The van der Waals surface area contributed by atoms with Crippen molar-refractivity contribution in [3.63, 3.8) is 0 Å². The van der Waals surface area contributed by atoms with E-state index in [4.69, 9.17) is 4.74 Å². The van der Waals surface area contributed by atoms with Crippen LogP contribution in [0.25, 0.3) is 0 Å². The Bertz CT molecular complexity index is 569. The first-order chi connectivity index (χ1) is 10.2. The van der Waals surface area contributed by atoms with Gasteiger partial charge in [-0.25, -0.2) is 4.98 Å². The summed E-state index contributed by atoms with van der Waals surface area (Å²) < 4.78 is 5.30. The average molecular weight is 304 g/mol. The molecule has 0 saturated carbocycles. The molecule has 0 unspecified atom stereocenters. The molecule has 1 aromatic heterocycles. The van der Waals surface area contributed by atoms with Crippen LogP contribution in [-0.2, 0) is 11.2 Å². The van der Waals surface area contributed by atoms with Gasteiger partial charge in [0.15, 0.2) is 0 Å². The maximum atomic E-state index is 12.1. The fourth-order valence-electron chi connectivity index (χ4n) is 2.17. The van der Waals surface area contributed by atoms with Crippen molar-refractivity contribution in [3.05, 3.63) is 46.4 Å². The minimum absolute atomic E-state index is 0.00942. The van der Waals surface area contributed by atoms with Gasteiger partial charge in [0.05, 0.1) is 13.2 Å². The standard InChI is InChI=1S/C16H20N2O2S/c1-3-13(16-17-10-11-21-16)18-15(19)9-8-12-6-4-5-7-14(12)20-2/h4-7,10-11,13H,3,8-9H2,1-2H3,(H,18,19)/t13-/m0/s1. The number of methoxy groups -OCH3 is 1. The number of amides is 1. The molecule has 2 rings (SSSR count). The second-order valence-corrected chi connectivity index (χ2v) is 5.64. The molecule has 112 valence electrons. The molecule has 0 bridgehead atoms. The van der Waals surface area contributed by atoms with Gasteiger partial charge in [-0.2, -0.15) is 0 Å². The summed E-state index contributed by atoms with van der Waals surface area (Å²) in [6, 6.07) is 7.80. The van der Waals surface area contributed by atoms with Crippen molar-refractivity contribution in [2.75, 3.05) is 7.11 Å². The zero-order valence-corrected chi connectivity index (χ0v) is 13.2. The number of ether oxygens (including phenoxy) is 1. The number of hydrogen-bond donors (Lipinski definition) is 1. The number of benzene rings is 1. The molecule has 0 aliphatic rings. The number of rotatable bonds is 7. The number of aromatic nitrogens is 1. The lowest BCUT2D eigenvalue weighted by Gasteiger charge is -2.14. The fourth-order valence-corrected chi connectivity index (χ4v) is 2.94. The van der Waals surface area contributed by atoms with Crippen molar-refractivity contribution in [3.8, 4) is 5.75 Å². The van der Waals surface area contributed by atoms with Crippen LogP contribution in [0.5, 0.6) is 5.75 Å². The van der Waals surface area contributed by atoms with E-state index in [-0.39, 0.29) is 11.9 Å². The van der Waals surface area contributed by atoms with Crippen molar-refractivity contribution >= 4 is 17.2 Å². The largest absolute Gasteiger partial charge is 0.496 e. The van der Waals surface area contributed by atoms with Crippen molar-refractivity contribution in [2.45, 2.75) is 32.2 Å². The molecule has 0 radical (unpaired) electrons. The Morgan fingerprint density at radius 2 is 2.24 bits per heavy atom. The number of carbonyl (C=O) groups is 1. The lowest BCUT2D eigenvalue weighted by atomic mass is 10.1. The molecular weight excluding hydrogens is 284 g/mol. The SMILES string of the molecule is CC[C@H](NC(=O)CCc1ccccc1OC)c1nccs1. The molecule has 0 saturated heterocycles. The Morgan fingerprint density at radius 3 is 2.90 bits per heavy atom. The van der Waals surface area contributed by atoms with Gasteiger partial charge in [-0.05, 0) is 24.5 Å². The average Bonchev–Trinajstić information content (AvgIpc) is 3.05. The van der Waals surface area contributed by atoms with E-state index in [9.17, 15) is 4.79 Å². The van der Waals surface area contributed by atoms with E-state index < -0.39 is 0 Å². The Kier molecular flexibility index (Phi) is 5.75. The van der Waals surface area contributed by atoms with Crippen LogP contribution in [0.1, 0.15) is 36.4 Å². The smallest absolute Gasteiger partial charge is 0.220 e. The van der Waals surface area contributed by atoms with E-state index >= 15 is 0 Å². The predicted molar refractivity (Wildman–Crippen MR) is 84.6 cm³/mol. The molecule has 0 aliphatic carbocycles. The molecule has 1 amide bonds. The Balaban J connectivity index is 1.90. The van der Waals surface area contributed by atoms with E-state index in [1.165, 1.54) is 0 Å². The summed E-state index contributed by atoms with van der Waals surface area (Å²) in [5.74, 6) is 0.875. The van der Waals surface area contributed by atoms with Gasteiger partial charge >= 0.3 is 0 Å². The second kappa shape index (κ2) is 7.78. The molecule has 1 aromatic carbocycles. The summed E-state index contributed by atoms with van der Waals surface area (Å²) in [5, 5.41) is 5.94. The Morgan fingerprint density at radius 1 is 1.43 bits per heavy atom. The molecule has 1 heterocycles. The maximum absolute atomic E-state index is 12.1. The number of nitrogens with zero attached hydrogens (tertiary/aromatic N) is 1. The molecule has 4 nitrogen and oxygen atoms in total. The van der Waals surface area contributed by atoms with Gasteiger partial charge in [-0.3, -0.25) is 4.79 Å². The second-order valence-electron chi connectivity index (χ2n) is 4.71. The summed E-state index contributed by atoms with van der Waals surface area (Å²) in [6.07, 6.45) is 3.73. The van der Waals surface area contributed by atoms with Crippen molar-refractivity contribution in [1.29, 1.82) is 0 Å². The molecule has 21 heavy (non-hydrogen) atoms. The van der Waals surface area contributed by atoms with Gasteiger partial charge in [-0.15, -0.1) is 11.3 Å². The van der Waals surface area contributed by atoms with Gasteiger partial charge in [0.25, 0.3) is 0 Å². The van der Waals surface area contributed by atoms with Crippen molar-refractivity contribution in [2.24, 2.45) is 0 Å². The van der Waals surface area contributed by atoms with Gasteiger partial charge < -0.3 is 10.1 Å². The molecule has 2 aromatic rings. The predicted octanol–water partition coefficient (Wildman–Crippen LogP) is 3.35. The quantitative estimate of drug-likeness (QED) is 0.853. The van der Waals surface area contributed by atoms with E-state index in [0.29, 0.717) is 12.8 Å². The zero-order chi connectivity index (χ0) is 15.1. The Labute approximate surface area is 129 Å². The molecule has 0 aliphatic heterocycles. The highest BCUT2D eigenvalue weighted by molar-refractivity contribution is 7.09. The number of para-hydroxylation sites is 1. The third kappa shape index (κ3) is 4.29. The third-order valence-electron chi connectivity index (χ3n) is 3.31. The van der Waals surface area contributed by atoms with Crippen LogP contribution in [0.4, 0.5) is 0 Å². The highest BCUT2D eigenvalue weighted by Crippen LogP contribution is 2.21. The minimum atomic E-state index is 0.00942. The maximum Gasteiger partial charge on any atom is 0.220 e. The zero-order valence-electron chi connectivity index (χ0n) is 12.3. The minimum Gasteiger partial charge on any atom is -0.496 e. The summed E-state index contributed by atoms with van der Waals surface area (Å²) >= 11 is 1.57. The molecular formula is C16H20N2O2S. The van der Waals surface area contributed by atoms with Crippen LogP contribution in [0.3, 0.4) is 0 Å². The number of aryl methyl sites for hydroxylation is 1. The highest BCUT2D eigenvalue weighted by Gasteiger charge is 2.15. The first kappa shape index (κ1) is 15.5. The normalized spacial score (nSPS) is 11.9. The van der Waals surface area contributed by atoms with Crippen molar-refractivity contribution in [1.82, 2.24) is 10.3 Å². The van der Waals surface area contributed by atoms with Crippen LogP contribution in [0, 0.1) is 0 Å². The van der Waals surface area contributed by atoms with Crippen molar-refractivity contribution < 1.29 is 9.53 Å². The van der Waals surface area contributed by atoms with Gasteiger partial charge in [0.1, 0.15) is 10.8 Å². The molecule has 0 fully saturated rings. The summed E-state index contributed by atoms with van der Waals surface area (Å²) in [4.78, 5) is 16.4. The number of carbonyl (C=O) groups excluding carboxylic acids is 1.